The zero-order valence-corrected chi connectivity index (χ0v) is 11.6. The minimum absolute atomic E-state index is 0.0207. The van der Waals surface area contributed by atoms with E-state index in [0.717, 1.165) is 17.4 Å². The zero-order chi connectivity index (χ0) is 13.2. The van der Waals surface area contributed by atoms with Crippen LogP contribution in [-0.4, -0.2) is 10.9 Å². The number of anilines is 1. The molecular formula is C14H16N2O2S. The van der Waals surface area contributed by atoms with Gasteiger partial charge in [0.2, 0.25) is 5.91 Å². The molecular weight excluding hydrogens is 260 g/mol. The molecule has 100 valence electrons. The molecule has 2 atom stereocenters. The molecule has 0 spiro atoms. The Hall–Kier alpha value is -1.62. The van der Waals surface area contributed by atoms with Crippen molar-refractivity contribution in [3.63, 3.8) is 0 Å². The number of thiazole rings is 1. The second-order valence-electron chi connectivity index (χ2n) is 5.01. The third-order valence-electron chi connectivity index (χ3n) is 3.43. The number of hydrogen-bond donors (Lipinski definition) is 1. The van der Waals surface area contributed by atoms with Gasteiger partial charge in [-0.3, -0.25) is 4.79 Å². The first-order chi connectivity index (χ1) is 9.22. The first-order valence-electron chi connectivity index (χ1n) is 6.50. The molecule has 1 saturated carbocycles. The Kier molecular flexibility index (Phi) is 3.38. The van der Waals surface area contributed by atoms with Crippen molar-refractivity contribution in [2.75, 3.05) is 5.32 Å². The predicted molar refractivity (Wildman–Crippen MR) is 74.3 cm³/mol. The van der Waals surface area contributed by atoms with Gasteiger partial charge in [-0.25, -0.2) is 4.98 Å². The van der Waals surface area contributed by atoms with Crippen molar-refractivity contribution in [3.8, 4) is 0 Å². The lowest BCUT2D eigenvalue weighted by molar-refractivity contribution is -0.116. The first-order valence-corrected chi connectivity index (χ1v) is 7.38. The number of rotatable bonds is 5. The van der Waals surface area contributed by atoms with Crippen LogP contribution in [0.4, 0.5) is 5.13 Å². The van der Waals surface area contributed by atoms with Gasteiger partial charge >= 0.3 is 0 Å². The highest BCUT2D eigenvalue weighted by Crippen LogP contribution is 2.47. The van der Waals surface area contributed by atoms with Crippen LogP contribution in [0, 0.1) is 5.92 Å². The molecule has 2 heterocycles. The summed E-state index contributed by atoms with van der Waals surface area (Å²) in [5, 5.41) is 5.26. The number of nitrogens with zero attached hydrogens (tertiary/aromatic N) is 1. The van der Waals surface area contributed by atoms with Gasteiger partial charge in [0.25, 0.3) is 0 Å². The number of hydrogen-bond acceptors (Lipinski definition) is 4. The van der Waals surface area contributed by atoms with E-state index in [2.05, 4.69) is 17.2 Å². The van der Waals surface area contributed by atoms with Crippen LogP contribution in [0.15, 0.2) is 28.1 Å². The first kappa shape index (κ1) is 12.4. The number of carbonyl (C=O) groups is 1. The van der Waals surface area contributed by atoms with E-state index in [1.807, 2.05) is 17.5 Å². The van der Waals surface area contributed by atoms with Gasteiger partial charge in [0.1, 0.15) is 11.5 Å². The summed E-state index contributed by atoms with van der Waals surface area (Å²) in [6.07, 6.45) is 3.96. The van der Waals surface area contributed by atoms with Gasteiger partial charge < -0.3 is 9.73 Å². The molecule has 1 aliphatic carbocycles. The fourth-order valence-corrected chi connectivity index (χ4v) is 2.70. The number of furan rings is 1. The molecule has 2 aromatic heterocycles. The van der Waals surface area contributed by atoms with E-state index in [1.54, 1.807) is 6.20 Å². The van der Waals surface area contributed by atoms with Gasteiger partial charge in [0, 0.05) is 30.3 Å². The van der Waals surface area contributed by atoms with Crippen LogP contribution in [0.25, 0.3) is 0 Å². The highest BCUT2D eigenvalue weighted by molar-refractivity contribution is 7.13. The summed E-state index contributed by atoms with van der Waals surface area (Å²) >= 11 is 1.42. The van der Waals surface area contributed by atoms with E-state index in [0.29, 0.717) is 23.9 Å². The molecule has 0 aliphatic heterocycles. The van der Waals surface area contributed by atoms with Crippen LogP contribution in [0.2, 0.25) is 0 Å². The molecule has 0 saturated heterocycles. The Morgan fingerprint density at radius 1 is 1.58 bits per heavy atom. The summed E-state index contributed by atoms with van der Waals surface area (Å²) in [6.45, 7) is 2.23. The minimum Gasteiger partial charge on any atom is -0.466 e. The van der Waals surface area contributed by atoms with Crippen molar-refractivity contribution >= 4 is 22.4 Å². The Balaban J connectivity index is 1.49. The standard InChI is InChI=1S/C14H16N2O2S/c1-9-8-11(9)12-4-2-10(18-12)3-5-13(17)16-14-15-6-7-19-14/h2,4,6-7,9,11H,3,5,8H2,1H3,(H,15,16,17)/t9-,11+/m0/s1. The number of nitrogens with one attached hydrogen (secondary N) is 1. The highest BCUT2D eigenvalue weighted by Gasteiger charge is 2.36. The molecule has 1 fully saturated rings. The summed E-state index contributed by atoms with van der Waals surface area (Å²) in [7, 11) is 0. The largest absolute Gasteiger partial charge is 0.466 e. The molecule has 3 rings (SSSR count). The zero-order valence-electron chi connectivity index (χ0n) is 10.8. The van der Waals surface area contributed by atoms with Crippen molar-refractivity contribution in [1.29, 1.82) is 0 Å². The normalized spacial score (nSPS) is 21.3. The van der Waals surface area contributed by atoms with Crippen LogP contribution in [0.1, 0.15) is 37.2 Å². The number of amides is 1. The van der Waals surface area contributed by atoms with Gasteiger partial charge in [0.15, 0.2) is 5.13 Å². The van der Waals surface area contributed by atoms with Gasteiger partial charge in [-0.1, -0.05) is 6.92 Å². The van der Waals surface area contributed by atoms with E-state index in [9.17, 15) is 4.79 Å². The van der Waals surface area contributed by atoms with Crippen LogP contribution in [-0.2, 0) is 11.2 Å². The van der Waals surface area contributed by atoms with Gasteiger partial charge in [-0.2, -0.15) is 0 Å². The molecule has 19 heavy (non-hydrogen) atoms. The average Bonchev–Trinajstić information content (AvgIpc) is 2.87. The van der Waals surface area contributed by atoms with E-state index in [4.69, 9.17) is 4.42 Å². The molecule has 0 unspecified atom stereocenters. The second kappa shape index (κ2) is 5.17. The van der Waals surface area contributed by atoms with Crippen LogP contribution in [0.5, 0.6) is 0 Å². The van der Waals surface area contributed by atoms with Crippen LogP contribution >= 0.6 is 11.3 Å². The summed E-state index contributed by atoms with van der Waals surface area (Å²) in [5.41, 5.74) is 0. The van der Waals surface area contributed by atoms with E-state index in [1.165, 1.54) is 17.8 Å². The molecule has 1 N–H and O–H groups in total. The molecule has 1 aliphatic rings. The number of aryl methyl sites for hydroxylation is 1. The Labute approximate surface area is 115 Å². The molecule has 0 radical (unpaired) electrons. The highest BCUT2D eigenvalue weighted by atomic mass is 32.1. The number of carbonyl (C=O) groups excluding carboxylic acids is 1. The average molecular weight is 276 g/mol. The monoisotopic (exact) mass is 276 g/mol. The summed E-state index contributed by atoms with van der Waals surface area (Å²) in [6, 6.07) is 4.03. The number of aromatic nitrogens is 1. The van der Waals surface area contributed by atoms with E-state index in [-0.39, 0.29) is 5.91 Å². The molecule has 2 aromatic rings. The molecule has 5 heteroatoms. The molecule has 0 aromatic carbocycles. The second-order valence-corrected chi connectivity index (χ2v) is 5.90. The van der Waals surface area contributed by atoms with Crippen molar-refractivity contribution in [2.45, 2.75) is 32.1 Å². The van der Waals surface area contributed by atoms with Gasteiger partial charge in [-0.15, -0.1) is 11.3 Å². The molecule has 4 nitrogen and oxygen atoms in total. The predicted octanol–water partition coefficient (Wildman–Crippen LogP) is 3.43. The Morgan fingerprint density at radius 3 is 3.11 bits per heavy atom. The van der Waals surface area contributed by atoms with Gasteiger partial charge in [0.05, 0.1) is 0 Å². The van der Waals surface area contributed by atoms with E-state index < -0.39 is 0 Å². The quantitative estimate of drug-likeness (QED) is 0.910. The topological polar surface area (TPSA) is 55.1 Å². The minimum atomic E-state index is -0.0207. The summed E-state index contributed by atoms with van der Waals surface area (Å²) in [5.74, 6) is 3.28. The maximum atomic E-state index is 11.7. The van der Waals surface area contributed by atoms with Crippen LogP contribution < -0.4 is 5.32 Å². The van der Waals surface area contributed by atoms with E-state index >= 15 is 0 Å². The third-order valence-corrected chi connectivity index (χ3v) is 4.12. The van der Waals surface area contributed by atoms with Crippen molar-refractivity contribution in [3.05, 3.63) is 35.2 Å². The summed E-state index contributed by atoms with van der Waals surface area (Å²) in [4.78, 5) is 15.7. The summed E-state index contributed by atoms with van der Waals surface area (Å²) < 4.78 is 5.77. The van der Waals surface area contributed by atoms with Crippen molar-refractivity contribution in [2.24, 2.45) is 5.92 Å². The lowest BCUT2D eigenvalue weighted by Crippen LogP contribution is -2.11. The Morgan fingerprint density at radius 2 is 2.42 bits per heavy atom. The van der Waals surface area contributed by atoms with Crippen molar-refractivity contribution in [1.82, 2.24) is 4.98 Å². The van der Waals surface area contributed by atoms with Gasteiger partial charge in [-0.05, 0) is 24.5 Å². The lowest BCUT2D eigenvalue weighted by atomic mass is 10.2. The fourth-order valence-electron chi connectivity index (χ4n) is 2.15. The third kappa shape index (κ3) is 3.04. The molecule has 0 bridgehead atoms. The maximum Gasteiger partial charge on any atom is 0.226 e. The lowest BCUT2D eigenvalue weighted by Gasteiger charge is -2.00. The van der Waals surface area contributed by atoms with Crippen molar-refractivity contribution < 1.29 is 9.21 Å². The SMILES string of the molecule is C[C@H]1C[C@H]1c1ccc(CCC(=O)Nc2nccs2)o1. The van der Waals surface area contributed by atoms with Crippen LogP contribution in [0.3, 0.4) is 0 Å². The smallest absolute Gasteiger partial charge is 0.226 e. The fraction of sp³-hybridized carbons (Fsp3) is 0.429. The Bertz CT molecular complexity index is 562. The molecule has 1 amide bonds. The maximum absolute atomic E-state index is 11.7.